The maximum atomic E-state index is 5.36. The second-order valence-corrected chi connectivity index (χ2v) is 5.85. The lowest BCUT2D eigenvalue weighted by atomic mass is 10.1. The molecule has 7 heteroatoms. The molecule has 18 heavy (non-hydrogen) atoms. The Labute approximate surface area is 110 Å². The fraction of sp³-hybridized carbons (Fsp3) is 0.727. The third kappa shape index (κ3) is 2.25. The highest BCUT2D eigenvalue weighted by atomic mass is 32.1. The predicted molar refractivity (Wildman–Crippen MR) is 69.1 cm³/mol. The molecule has 6 nitrogen and oxygen atoms in total. The van der Waals surface area contributed by atoms with Gasteiger partial charge < -0.3 is 4.74 Å². The minimum atomic E-state index is 0.333. The highest BCUT2D eigenvalue weighted by Gasteiger charge is 2.20. The summed E-state index contributed by atoms with van der Waals surface area (Å²) in [5.41, 5.74) is 0. The summed E-state index contributed by atoms with van der Waals surface area (Å²) in [4.78, 5) is 3.30. The van der Waals surface area contributed by atoms with Crippen molar-refractivity contribution in [3.8, 4) is 0 Å². The van der Waals surface area contributed by atoms with Gasteiger partial charge in [-0.25, -0.2) is 0 Å². The molecule has 0 aromatic carbocycles. The van der Waals surface area contributed by atoms with Gasteiger partial charge in [0.25, 0.3) is 0 Å². The molecule has 2 aromatic heterocycles. The van der Waals surface area contributed by atoms with Crippen molar-refractivity contribution < 1.29 is 4.74 Å². The van der Waals surface area contributed by atoms with Gasteiger partial charge in [-0.15, -0.1) is 10.2 Å². The molecule has 0 N–H and O–H groups in total. The van der Waals surface area contributed by atoms with Crippen LogP contribution in [0.15, 0.2) is 0 Å². The Hall–Kier alpha value is -1.05. The third-order valence-corrected chi connectivity index (χ3v) is 4.01. The van der Waals surface area contributed by atoms with E-state index in [0.717, 1.165) is 48.6 Å². The molecular weight excluding hydrogens is 250 g/mol. The third-order valence-electron chi connectivity index (χ3n) is 3.19. The number of hydrogen-bond acceptors (Lipinski definition) is 6. The molecule has 0 radical (unpaired) electrons. The van der Waals surface area contributed by atoms with Crippen molar-refractivity contribution in [3.05, 3.63) is 10.8 Å². The maximum absolute atomic E-state index is 5.36. The molecule has 0 spiro atoms. The first kappa shape index (κ1) is 12.0. The largest absolute Gasteiger partial charge is 0.379 e. The topological polar surface area (TPSA) is 55.5 Å². The number of fused-ring (bicyclic) bond motifs is 1. The molecular formula is C11H17N5OS. The molecule has 0 aliphatic carbocycles. The normalized spacial score (nSPS) is 19.4. The first-order chi connectivity index (χ1) is 8.74. The first-order valence-corrected chi connectivity index (χ1v) is 7.04. The first-order valence-electron chi connectivity index (χ1n) is 6.23. The average Bonchev–Trinajstić information content (AvgIpc) is 2.88. The average molecular weight is 267 g/mol. The van der Waals surface area contributed by atoms with Crippen LogP contribution in [0.4, 0.5) is 0 Å². The number of ether oxygens (including phenoxy) is 1. The van der Waals surface area contributed by atoms with Crippen molar-refractivity contribution in [3.63, 3.8) is 0 Å². The van der Waals surface area contributed by atoms with E-state index in [4.69, 9.17) is 4.74 Å². The predicted octanol–water partition coefficient (Wildman–Crippen LogP) is 0.930. The van der Waals surface area contributed by atoms with E-state index < -0.39 is 0 Å². The van der Waals surface area contributed by atoms with Crippen molar-refractivity contribution in [1.29, 1.82) is 0 Å². The van der Waals surface area contributed by atoms with Crippen LogP contribution in [-0.2, 0) is 4.74 Å². The number of nitrogens with zero attached hydrogens (tertiary/aromatic N) is 5. The second-order valence-electron chi connectivity index (χ2n) is 4.69. The second kappa shape index (κ2) is 4.91. The lowest BCUT2D eigenvalue weighted by molar-refractivity contribution is 0.0353. The summed E-state index contributed by atoms with van der Waals surface area (Å²) in [6.07, 6.45) is 0. The summed E-state index contributed by atoms with van der Waals surface area (Å²) in [6, 6.07) is 0. The molecule has 0 saturated carbocycles. The van der Waals surface area contributed by atoms with E-state index in [1.807, 2.05) is 11.4 Å². The van der Waals surface area contributed by atoms with Gasteiger partial charge in [-0.05, 0) is 6.92 Å². The van der Waals surface area contributed by atoms with Gasteiger partial charge >= 0.3 is 0 Å². The molecule has 1 unspecified atom stereocenters. The van der Waals surface area contributed by atoms with E-state index in [1.165, 1.54) is 0 Å². The van der Waals surface area contributed by atoms with Crippen LogP contribution in [0.1, 0.15) is 23.7 Å². The van der Waals surface area contributed by atoms with E-state index in [2.05, 4.69) is 27.1 Å². The van der Waals surface area contributed by atoms with Gasteiger partial charge in [0, 0.05) is 25.6 Å². The Kier molecular flexibility index (Phi) is 3.27. The Morgan fingerprint density at radius 3 is 2.89 bits per heavy atom. The van der Waals surface area contributed by atoms with Crippen LogP contribution in [0.2, 0.25) is 0 Å². The molecule has 1 atom stereocenters. The van der Waals surface area contributed by atoms with Crippen molar-refractivity contribution in [1.82, 2.24) is 24.7 Å². The molecule has 0 amide bonds. The van der Waals surface area contributed by atoms with Gasteiger partial charge in [0.05, 0.1) is 13.2 Å². The molecule has 1 fully saturated rings. The van der Waals surface area contributed by atoms with Crippen LogP contribution in [0.5, 0.6) is 0 Å². The van der Waals surface area contributed by atoms with Gasteiger partial charge in [-0.1, -0.05) is 18.3 Å². The number of morpholine rings is 1. The van der Waals surface area contributed by atoms with Crippen molar-refractivity contribution in [2.24, 2.45) is 0 Å². The number of rotatable bonds is 3. The van der Waals surface area contributed by atoms with E-state index in [-0.39, 0.29) is 0 Å². The molecule has 0 bridgehead atoms. The van der Waals surface area contributed by atoms with Gasteiger partial charge in [0.15, 0.2) is 5.82 Å². The fourth-order valence-corrected chi connectivity index (χ4v) is 2.98. The minimum Gasteiger partial charge on any atom is -0.379 e. The van der Waals surface area contributed by atoms with Gasteiger partial charge in [-0.2, -0.15) is 9.61 Å². The highest BCUT2D eigenvalue weighted by molar-refractivity contribution is 7.16. The van der Waals surface area contributed by atoms with Crippen molar-refractivity contribution >= 4 is 16.3 Å². The minimum absolute atomic E-state index is 0.333. The van der Waals surface area contributed by atoms with Crippen LogP contribution >= 0.6 is 11.3 Å². The number of hydrogen-bond donors (Lipinski definition) is 0. The summed E-state index contributed by atoms with van der Waals surface area (Å²) in [7, 11) is 0. The molecule has 2 aromatic rings. The van der Waals surface area contributed by atoms with Crippen LogP contribution in [0, 0.1) is 6.92 Å². The molecule has 3 rings (SSSR count). The highest BCUT2D eigenvalue weighted by Crippen LogP contribution is 2.19. The van der Waals surface area contributed by atoms with E-state index in [9.17, 15) is 0 Å². The maximum Gasteiger partial charge on any atom is 0.234 e. The summed E-state index contributed by atoms with van der Waals surface area (Å²) in [6.45, 7) is 8.83. The van der Waals surface area contributed by atoms with Crippen LogP contribution in [-0.4, -0.2) is 57.6 Å². The van der Waals surface area contributed by atoms with Crippen molar-refractivity contribution in [2.45, 2.75) is 19.8 Å². The fourth-order valence-electron chi connectivity index (χ4n) is 2.29. The Balaban J connectivity index is 1.76. The molecule has 1 saturated heterocycles. The zero-order valence-electron chi connectivity index (χ0n) is 10.7. The smallest absolute Gasteiger partial charge is 0.234 e. The number of aryl methyl sites for hydroxylation is 1. The van der Waals surface area contributed by atoms with E-state index >= 15 is 0 Å². The summed E-state index contributed by atoms with van der Waals surface area (Å²) in [5.74, 6) is 1.29. The summed E-state index contributed by atoms with van der Waals surface area (Å²) in [5, 5.41) is 13.9. The van der Waals surface area contributed by atoms with Crippen LogP contribution in [0.25, 0.3) is 4.96 Å². The lowest BCUT2D eigenvalue weighted by Gasteiger charge is -2.28. The van der Waals surface area contributed by atoms with Gasteiger partial charge in [0.2, 0.25) is 4.96 Å². The molecule has 98 valence electrons. The summed E-state index contributed by atoms with van der Waals surface area (Å²) >= 11 is 1.58. The quantitative estimate of drug-likeness (QED) is 0.828. The molecule has 1 aliphatic heterocycles. The summed E-state index contributed by atoms with van der Waals surface area (Å²) < 4.78 is 7.24. The standard InChI is InChI=1S/C11H17N5OS/c1-8(7-15-3-5-17-6-4-15)10-12-13-11-16(10)14-9(2)18-11/h8H,3-7H2,1-2H3. The van der Waals surface area contributed by atoms with Gasteiger partial charge in [-0.3, -0.25) is 4.90 Å². The number of aromatic nitrogens is 4. The Morgan fingerprint density at radius 2 is 2.11 bits per heavy atom. The van der Waals surface area contributed by atoms with E-state index in [1.54, 1.807) is 11.3 Å². The van der Waals surface area contributed by atoms with E-state index in [0.29, 0.717) is 5.92 Å². The van der Waals surface area contributed by atoms with Gasteiger partial charge in [0.1, 0.15) is 5.01 Å². The molecule has 1 aliphatic rings. The van der Waals surface area contributed by atoms with Crippen molar-refractivity contribution in [2.75, 3.05) is 32.8 Å². The Bertz CT molecular complexity index is 531. The Morgan fingerprint density at radius 1 is 1.33 bits per heavy atom. The van der Waals surface area contributed by atoms with Crippen LogP contribution < -0.4 is 0 Å². The SMILES string of the molecule is Cc1nn2c(C(C)CN3CCOCC3)nnc2s1. The lowest BCUT2D eigenvalue weighted by Crippen LogP contribution is -2.38. The monoisotopic (exact) mass is 267 g/mol. The zero-order chi connectivity index (χ0) is 12.5. The zero-order valence-corrected chi connectivity index (χ0v) is 11.5. The van der Waals surface area contributed by atoms with Crippen LogP contribution in [0.3, 0.4) is 0 Å². The molecule has 3 heterocycles.